The van der Waals surface area contributed by atoms with E-state index < -0.39 is 0 Å². The third kappa shape index (κ3) is 8.21. The Balaban J connectivity index is 1.35. The number of esters is 1. The van der Waals surface area contributed by atoms with Crippen molar-refractivity contribution >= 4 is 34.2 Å². The van der Waals surface area contributed by atoms with Crippen LogP contribution in [-0.4, -0.2) is 37.1 Å². The normalized spacial score (nSPS) is 14.7. The zero-order chi connectivity index (χ0) is 21.7. The molecule has 0 N–H and O–H groups in total. The summed E-state index contributed by atoms with van der Waals surface area (Å²) < 4.78 is 5.49. The van der Waals surface area contributed by atoms with E-state index in [1.165, 1.54) is 47.4 Å². The molecule has 0 amide bonds. The van der Waals surface area contributed by atoms with E-state index in [9.17, 15) is 4.79 Å². The molecule has 170 valence electrons. The van der Waals surface area contributed by atoms with Gasteiger partial charge in [-0.15, -0.1) is 22.7 Å². The fourth-order valence-corrected chi connectivity index (χ4v) is 5.93. The minimum atomic E-state index is -0.0242. The molecule has 5 heteroatoms. The van der Waals surface area contributed by atoms with Crippen LogP contribution in [0.2, 0.25) is 0 Å². The Hall–Kier alpha value is -1.43. The summed E-state index contributed by atoms with van der Waals surface area (Å²) >= 11 is 3.66. The monoisotopic (exact) mass is 459 g/mol. The van der Waals surface area contributed by atoms with Gasteiger partial charge in [0.1, 0.15) is 6.61 Å². The summed E-state index contributed by atoms with van der Waals surface area (Å²) in [7, 11) is 0. The fraction of sp³-hybridized carbons (Fsp3) is 0.577. The lowest BCUT2D eigenvalue weighted by Crippen LogP contribution is -2.34. The molecule has 0 atom stereocenters. The van der Waals surface area contributed by atoms with Crippen molar-refractivity contribution in [1.82, 2.24) is 4.90 Å². The number of unbranched alkanes of at least 4 members (excludes halogenated alkanes) is 6. The zero-order valence-corrected chi connectivity index (χ0v) is 20.6. The lowest BCUT2D eigenvalue weighted by molar-refractivity contribution is -0.144. The number of likely N-dealkylation sites (tertiary alicyclic amines) is 1. The molecular formula is C26H37NO2S2. The van der Waals surface area contributed by atoms with Crippen LogP contribution in [0.4, 0.5) is 0 Å². The standard InChI is InChI=1S/C26H37NO2S2/c1-2-3-4-5-6-7-8-13-25(28)29-19-18-27-16-14-22(15-17-27)26(23-11-9-20-30-23)24-12-10-21-31-24/h9-12,20-21H,2-8,13-19H2,1H3. The quantitative estimate of drug-likeness (QED) is 0.231. The second-order valence-electron chi connectivity index (χ2n) is 8.37. The molecule has 2 aromatic heterocycles. The third-order valence-corrected chi connectivity index (χ3v) is 7.78. The molecule has 0 aromatic carbocycles. The van der Waals surface area contributed by atoms with Crippen LogP contribution in [-0.2, 0) is 9.53 Å². The van der Waals surface area contributed by atoms with E-state index in [1.807, 2.05) is 22.7 Å². The molecule has 3 nitrogen and oxygen atoms in total. The first kappa shape index (κ1) is 24.2. The van der Waals surface area contributed by atoms with E-state index in [0.717, 1.165) is 45.3 Å². The number of hydrogen-bond donors (Lipinski definition) is 0. The molecular weight excluding hydrogens is 422 g/mol. The van der Waals surface area contributed by atoms with Gasteiger partial charge in [-0.3, -0.25) is 9.69 Å². The van der Waals surface area contributed by atoms with Crippen molar-refractivity contribution < 1.29 is 9.53 Å². The van der Waals surface area contributed by atoms with Crippen LogP contribution >= 0.6 is 22.7 Å². The van der Waals surface area contributed by atoms with Crippen molar-refractivity contribution in [1.29, 1.82) is 0 Å². The van der Waals surface area contributed by atoms with Gasteiger partial charge in [-0.25, -0.2) is 0 Å². The number of carbonyl (C=O) groups excluding carboxylic acids is 1. The number of hydrogen-bond acceptors (Lipinski definition) is 5. The highest BCUT2D eigenvalue weighted by atomic mass is 32.1. The second kappa shape index (κ2) is 13.9. The predicted octanol–water partition coefficient (Wildman–Crippen LogP) is 7.39. The Bertz CT molecular complexity index is 734. The fourth-order valence-electron chi connectivity index (χ4n) is 4.20. The minimum absolute atomic E-state index is 0.0242. The van der Waals surface area contributed by atoms with E-state index in [2.05, 4.69) is 46.8 Å². The Labute approximate surface area is 196 Å². The predicted molar refractivity (Wildman–Crippen MR) is 134 cm³/mol. The highest BCUT2D eigenvalue weighted by Gasteiger charge is 2.20. The SMILES string of the molecule is CCCCCCCCCC(=O)OCCN1CCC(=C(c2cccs2)c2cccs2)CC1. The molecule has 31 heavy (non-hydrogen) atoms. The molecule has 0 saturated carbocycles. The van der Waals surface area contributed by atoms with Gasteiger partial charge < -0.3 is 4.74 Å². The molecule has 0 bridgehead atoms. The molecule has 0 unspecified atom stereocenters. The lowest BCUT2D eigenvalue weighted by Gasteiger charge is -2.29. The van der Waals surface area contributed by atoms with Crippen molar-refractivity contribution in [2.24, 2.45) is 0 Å². The summed E-state index contributed by atoms with van der Waals surface area (Å²) in [6.45, 7) is 5.71. The van der Waals surface area contributed by atoms with Crippen molar-refractivity contribution in [2.45, 2.75) is 71.1 Å². The molecule has 0 spiro atoms. The van der Waals surface area contributed by atoms with Crippen LogP contribution in [0.15, 0.2) is 40.6 Å². The van der Waals surface area contributed by atoms with Crippen LogP contribution in [0, 0.1) is 0 Å². The summed E-state index contributed by atoms with van der Waals surface area (Å²) in [5.74, 6) is -0.0242. The number of carbonyl (C=O) groups is 1. The molecule has 3 rings (SSSR count). The first-order valence-electron chi connectivity index (χ1n) is 12.0. The van der Waals surface area contributed by atoms with Gasteiger partial charge in [0.05, 0.1) is 0 Å². The lowest BCUT2D eigenvalue weighted by atomic mass is 9.96. The smallest absolute Gasteiger partial charge is 0.305 e. The summed E-state index contributed by atoms with van der Waals surface area (Å²) in [5.41, 5.74) is 3.02. The number of piperidine rings is 1. The summed E-state index contributed by atoms with van der Waals surface area (Å²) in [4.78, 5) is 17.2. The molecule has 2 aromatic rings. The summed E-state index contributed by atoms with van der Waals surface area (Å²) in [5, 5.41) is 4.33. The summed E-state index contributed by atoms with van der Waals surface area (Å²) in [6, 6.07) is 8.77. The molecule has 1 fully saturated rings. The maximum absolute atomic E-state index is 12.0. The molecule has 0 radical (unpaired) electrons. The van der Waals surface area contributed by atoms with Gasteiger partial charge in [-0.1, -0.05) is 63.2 Å². The van der Waals surface area contributed by atoms with E-state index >= 15 is 0 Å². The van der Waals surface area contributed by atoms with E-state index in [0.29, 0.717) is 13.0 Å². The Morgan fingerprint density at radius 1 is 0.935 bits per heavy atom. The van der Waals surface area contributed by atoms with Gasteiger partial charge in [0, 0.05) is 41.4 Å². The first-order chi connectivity index (χ1) is 15.3. The maximum atomic E-state index is 12.0. The highest BCUT2D eigenvalue weighted by molar-refractivity contribution is 7.13. The van der Waals surface area contributed by atoms with Crippen LogP contribution in [0.25, 0.3) is 5.57 Å². The Kier molecular flexibility index (Phi) is 10.8. The average molecular weight is 460 g/mol. The van der Waals surface area contributed by atoms with Crippen LogP contribution < -0.4 is 0 Å². The number of rotatable bonds is 13. The van der Waals surface area contributed by atoms with Crippen LogP contribution in [0.1, 0.15) is 80.9 Å². The highest BCUT2D eigenvalue weighted by Crippen LogP contribution is 2.36. The van der Waals surface area contributed by atoms with E-state index in [1.54, 1.807) is 5.57 Å². The molecule has 1 saturated heterocycles. The third-order valence-electron chi connectivity index (χ3n) is 6.00. The van der Waals surface area contributed by atoms with E-state index in [-0.39, 0.29) is 5.97 Å². The van der Waals surface area contributed by atoms with Gasteiger partial charge in [0.2, 0.25) is 0 Å². The van der Waals surface area contributed by atoms with Gasteiger partial charge in [0.15, 0.2) is 0 Å². The van der Waals surface area contributed by atoms with Gasteiger partial charge >= 0.3 is 5.97 Å². The van der Waals surface area contributed by atoms with Crippen LogP contribution in [0.3, 0.4) is 0 Å². The molecule has 0 aliphatic carbocycles. The average Bonchev–Trinajstić information content (AvgIpc) is 3.50. The van der Waals surface area contributed by atoms with Gasteiger partial charge in [0.25, 0.3) is 0 Å². The van der Waals surface area contributed by atoms with Crippen molar-refractivity contribution in [3.05, 3.63) is 50.4 Å². The first-order valence-corrected chi connectivity index (χ1v) is 13.7. The summed E-state index contributed by atoms with van der Waals surface area (Å²) in [6.07, 6.45) is 11.4. The largest absolute Gasteiger partial charge is 0.464 e. The van der Waals surface area contributed by atoms with Crippen molar-refractivity contribution in [3.8, 4) is 0 Å². The topological polar surface area (TPSA) is 29.5 Å². The number of ether oxygens (including phenoxy) is 1. The molecule has 1 aliphatic rings. The Morgan fingerprint density at radius 3 is 2.13 bits per heavy atom. The second-order valence-corrected chi connectivity index (χ2v) is 10.3. The zero-order valence-electron chi connectivity index (χ0n) is 18.9. The van der Waals surface area contributed by atoms with Crippen molar-refractivity contribution in [2.75, 3.05) is 26.2 Å². The van der Waals surface area contributed by atoms with Crippen molar-refractivity contribution in [3.63, 3.8) is 0 Å². The van der Waals surface area contributed by atoms with Gasteiger partial charge in [-0.05, 0) is 42.2 Å². The van der Waals surface area contributed by atoms with Crippen LogP contribution in [0.5, 0.6) is 0 Å². The minimum Gasteiger partial charge on any atom is -0.464 e. The van der Waals surface area contributed by atoms with E-state index in [4.69, 9.17) is 4.74 Å². The number of nitrogens with zero attached hydrogens (tertiary/aromatic N) is 1. The number of thiophene rings is 2. The molecule has 3 heterocycles. The Morgan fingerprint density at radius 2 is 1.55 bits per heavy atom. The maximum Gasteiger partial charge on any atom is 0.305 e. The molecule has 1 aliphatic heterocycles. The van der Waals surface area contributed by atoms with Gasteiger partial charge in [-0.2, -0.15) is 0 Å².